The number of hydrogen-bond donors (Lipinski definition) is 2. The van der Waals surface area contributed by atoms with Gasteiger partial charge in [-0.1, -0.05) is 54.6 Å². The zero-order valence-electron chi connectivity index (χ0n) is 21.1. The molecule has 1 aliphatic rings. The minimum absolute atomic E-state index is 0.0320. The molecule has 0 fully saturated rings. The normalized spacial score (nSPS) is 12.2. The molecule has 0 saturated carbocycles. The average Bonchev–Trinajstić information content (AvgIpc) is 3.46. The van der Waals surface area contributed by atoms with E-state index in [2.05, 4.69) is 15.8 Å². The number of nitrogens with one attached hydrogen (secondary N) is 2. The molecule has 4 aromatic rings. The zero-order chi connectivity index (χ0) is 27.7. The molecule has 5 rings (SSSR count). The predicted octanol–water partition coefficient (Wildman–Crippen LogP) is 4.56. The first-order chi connectivity index (χ1) is 19.5. The lowest BCUT2D eigenvalue weighted by atomic mass is 10.1. The van der Waals surface area contributed by atoms with Crippen LogP contribution in [0.4, 0.5) is 0 Å². The van der Waals surface area contributed by atoms with E-state index in [0.717, 1.165) is 0 Å². The summed E-state index contributed by atoms with van der Waals surface area (Å²) in [4.78, 5) is 38.2. The van der Waals surface area contributed by atoms with Gasteiger partial charge in [0.2, 0.25) is 6.79 Å². The van der Waals surface area contributed by atoms with Crippen LogP contribution in [0.5, 0.6) is 17.2 Å². The van der Waals surface area contributed by atoms with Crippen molar-refractivity contribution in [3.05, 3.63) is 131 Å². The van der Waals surface area contributed by atoms with Crippen molar-refractivity contribution in [2.45, 2.75) is 0 Å². The monoisotopic (exact) mass is 533 g/mol. The van der Waals surface area contributed by atoms with Crippen LogP contribution >= 0.6 is 0 Å². The van der Waals surface area contributed by atoms with E-state index in [4.69, 9.17) is 14.2 Å². The smallest absolute Gasteiger partial charge is 0.343 e. The Morgan fingerprint density at radius 3 is 2.25 bits per heavy atom. The molecule has 0 unspecified atom stereocenters. The lowest BCUT2D eigenvalue weighted by Gasteiger charge is -2.09. The van der Waals surface area contributed by atoms with Crippen LogP contribution in [-0.4, -0.2) is 30.8 Å². The van der Waals surface area contributed by atoms with Crippen molar-refractivity contribution >= 4 is 30.1 Å². The van der Waals surface area contributed by atoms with Gasteiger partial charge in [0.15, 0.2) is 11.5 Å². The SMILES string of the molecule is O=C(N/N=C\c1cccc(OC(=O)c2ccccc2)c1)/C(=C\c1ccc2c(c1)OCO2)NC(=O)c1ccccc1. The average molecular weight is 534 g/mol. The maximum Gasteiger partial charge on any atom is 0.343 e. The second kappa shape index (κ2) is 12.2. The third-order valence-electron chi connectivity index (χ3n) is 5.69. The summed E-state index contributed by atoms with van der Waals surface area (Å²) in [5, 5.41) is 6.67. The van der Waals surface area contributed by atoms with E-state index in [1.165, 1.54) is 12.3 Å². The lowest BCUT2D eigenvalue weighted by Crippen LogP contribution is -2.32. The highest BCUT2D eigenvalue weighted by Crippen LogP contribution is 2.33. The second-order valence-corrected chi connectivity index (χ2v) is 8.52. The molecule has 9 nitrogen and oxygen atoms in total. The summed E-state index contributed by atoms with van der Waals surface area (Å²) in [5.74, 6) is -0.144. The Balaban J connectivity index is 1.30. The Morgan fingerprint density at radius 2 is 1.48 bits per heavy atom. The first-order valence-corrected chi connectivity index (χ1v) is 12.2. The number of hydrazone groups is 1. The molecular weight excluding hydrogens is 510 g/mol. The summed E-state index contributed by atoms with van der Waals surface area (Å²) < 4.78 is 16.2. The molecule has 0 radical (unpaired) electrons. The molecule has 198 valence electrons. The molecule has 0 atom stereocenters. The molecule has 0 aliphatic carbocycles. The Bertz CT molecular complexity index is 1600. The molecule has 2 N–H and O–H groups in total. The third kappa shape index (κ3) is 6.59. The minimum atomic E-state index is -0.648. The summed E-state index contributed by atoms with van der Waals surface area (Å²) >= 11 is 0. The Kier molecular flexibility index (Phi) is 7.93. The molecule has 0 saturated heterocycles. The zero-order valence-corrected chi connectivity index (χ0v) is 21.1. The van der Waals surface area contributed by atoms with Crippen molar-refractivity contribution < 1.29 is 28.6 Å². The number of ether oxygens (including phenoxy) is 3. The highest BCUT2D eigenvalue weighted by molar-refractivity contribution is 6.05. The quantitative estimate of drug-likeness (QED) is 0.113. The van der Waals surface area contributed by atoms with Crippen molar-refractivity contribution in [2.75, 3.05) is 6.79 Å². The summed E-state index contributed by atoms with van der Waals surface area (Å²) in [6, 6.07) is 29.0. The van der Waals surface area contributed by atoms with Crippen LogP contribution in [0.3, 0.4) is 0 Å². The van der Waals surface area contributed by atoms with Gasteiger partial charge < -0.3 is 19.5 Å². The second-order valence-electron chi connectivity index (χ2n) is 8.52. The summed E-state index contributed by atoms with van der Waals surface area (Å²) in [6.45, 7) is 0.113. The van der Waals surface area contributed by atoms with E-state index >= 15 is 0 Å². The summed E-state index contributed by atoms with van der Waals surface area (Å²) in [7, 11) is 0. The van der Waals surface area contributed by atoms with Crippen molar-refractivity contribution in [1.82, 2.24) is 10.7 Å². The fourth-order valence-electron chi connectivity index (χ4n) is 3.74. The van der Waals surface area contributed by atoms with Gasteiger partial charge in [-0.2, -0.15) is 5.10 Å². The van der Waals surface area contributed by atoms with E-state index in [-0.39, 0.29) is 12.5 Å². The van der Waals surface area contributed by atoms with E-state index in [1.807, 2.05) is 6.07 Å². The number of carbonyl (C=O) groups excluding carboxylic acids is 3. The van der Waals surface area contributed by atoms with Gasteiger partial charge in [0.1, 0.15) is 11.4 Å². The largest absolute Gasteiger partial charge is 0.454 e. The minimum Gasteiger partial charge on any atom is -0.454 e. The summed E-state index contributed by atoms with van der Waals surface area (Å²) in [6.07, 6.45) is 2.91. The van der Waals surface area contributed by atoms with Gasteiger partial charge in [-0.25, -0.2) is 10.2 Å². The molecule has 0 aromatic heterocycles. The predicted molar refractivity (Wildman–Crippen MR) is 148 cm³/mol. The van der Waals surface area contributed by atoms with Gasteiger partial charge in [0.25, 0.3) is 11.8 Å². The van der Waals surface area contributed by atoms with E-state index in [0.29, 0.717) is 39.5 Å². The Morgan fingerprint density at radius 1 is 0.750 bits per heavy atom. The van der Waals surface area contributed by atoms with Crippen LogP contribution in [0.25, 0.3) is 6.08 Å². The molecule has 1 heterocycles. The van der Waals surface area contributed by atoms with Crippen LogP contribution in [0.15, 0.2) is 114 Å². The Labute approximate surface area is 229 Å². The van der Waals surface area contributed by atoms with E-state index in [1.54, 1.807) is 97.1 Å². The Hall–Kier alpha value is -5.70. The van der Waals surface area contributed by atoms with E-state index < -0.39 is 17.8 Å². The number of rotatable bonds is 8. The number of fused-ring (bicyclic) bond motifs is 1. The molecule has 4 aromatic carbocycles. The standard InChI is InChI=1S/C31H23N3O6/c35-29(23-9-3-1-4-10-23)33-26(17-21-14-15-27-28(18-21)39-20-38-27)30(36)34-32-19-22-8-7-13-25(16-22)40-31(37)24-11-5-2-6-12-24/h1-19H,20H2,(H,33,35)(H,34,36)/b26-17+,32-19-. The first kappa shape index (κ1) is 25.9. The van der Waals surface area contributed by atoms with Crippen molar-refractivity contribution in [3.8, 4) is 17.2 Å². The number of amides is 2. The van der Waals surface area contributed by atoms with Crippen LogP contribution in [0, 0.1) is 0 Å². The van der Waals surface area contributed by atoms with Gasteiger partial charge in [-0.05, 0) is 65.7 Å². The highest BCUT2D eigenvalue weighted by atomic mass is 16.7. The molecule has 0 spiro atoms. The molecule has 9 heteroatoms. The van der Waals surface area contributed by atoms with Crippen molar-refractivity contribution in [2.24, 2.45) is 5.10 Å². The van der Waals surface area contributed by atoms with Gasteiger partial charge in [0.05, 0.1) is 11.8 Å². The van der Waals surface area contributed by atoms with Crippen LogP contribution < -0.4 is 25.0 Å². The molecule has 1 aliphatic heterocycles. The van der Waals surface area contributed by atoms with Crippen LogP contribution in [0.2, 0.25) is 0 Å². The molecular formula is C31H23N3O6. The molecule has 40 heavy (non-hydrogen) atoms. The highest BCUT2D eigenvalue weighted by Gasteiger charge is 2.17. The lowest BCUT2D eigenvalue weighted by molar-refractivity contribution is -0.117. The number of esters is 1. The number of carbonyl (C=O) groups is 3. The molecule has 2 amide bonds. The number of benzene rings is 4. The van der Waals surface area contributed by atoms with Gasteiger partial charge in [0, 0.05) is 5.56 Å². The van der Waals surface area contributed by atoms with Crippen LogP contribution in [0.1, 0.15) is 31.8 Å². The van der Waals surface area contributed by atoms with Gasteiger partial charge in [-0.3, -0.25) is 9.59 Å². The maximum atomic E-state index is 13.1. The van der Waals surface area contributed by atoms with Crippen molar-refractivity contribution in [3.63, 3.8) is 0 Å². The van der Waals surface area contributed by atoms with Gasteiger partial charge in [-0.15, -0.1) is 0 Å². The summed E-state index contributed by atoms with van der Waals surface area (Å²) in [5.41, 5.74) is 4.40. The topological polar surface area (TPSA) is 115 Å². The van der Waals surface area contributed by atoms with E-state index in [9.17, 15) is 14.4 Å². The van der Waals surface area contributed by atoms with Gasteiger partial charge >= 0.3 is 5.97 Å². The third-order valence-corrected chi connectivity index (χ3v) is 5.69. The fourth-order valence-corrected chi connectivity index (χ4v) is 3.74. The maximum absolute atomic E-state index is 13.1. The number of hydrogen-bond acceptors (Lipinski definition) is 7. The van der Waals surface area contributed by atoms with Crippen molar-refractivity contribution in [1.29, 1.82) is 0 Å². The van der Waals surface area contributed by atoms with Crippen LogP contribution in [-0.2, 0) is 4.79 Å². The molecule has 0 bridgehead atoms. The first-order valence-electron chi connectivity index (χ1n) is 12.2. The number of nitrogens with zero attached hydrogens (tertiary/aromatic N) is 1. The fraction of sp³-hybridized carbons (Fsp3) is 0.0323.